The highest BCUT2D eigenvalue weighted by molar-refractivity contribution is 5.31. The Labute approximate surface area is 104 Å². The van der Waals surface area contributed by atoms with Crippen LogP contribution in [0.1, 0.15) is 31.4 Å². The number of aliphatic hydroxyl groups is 1. The van der Waals surface area contributed by atoms with Crippen LogP contribution in [-0.4, -0.2) is 24.9 Å². The van der Waals surface area contributed by atoms with E-state index in [0.29, 0.717) is 5.92 Å². The van der Waals surface area contributed by atoms with Crippen molar-refractivity contribution in [2.24, 2.45) is 5.92 Å². The molecule has 17 heavy (non-hydrogen) atoms. The van der Waals surface area contributed by atoms with E-state index in [2.05, 4.69) is 38.1 Å². The quantitative estimate of drug-likeness (QED) is 0.848. The lowest BCUT2D eigenvalue weighted by atomic mass is 9.76. The van der Waals surface area contributed by atoms with Crippen molar-refractivity contribution in [1.29, 1.82) is 0 Å². The van der Waals surface area contributed by atoms with Gasteiger partial charge in [-0.2, -0.15) is 0 Å². The van der Waals surface area contributed by atoms with E-state index in [4.69, 9.17) is 9.84 Å². The number of aliphatic hydroxyl groups excluding tert-OH is 1. The van der Waals surface area contributed by atoms with Crippen molar-refractivity contribution in [2.75, 3.05) is 19.8 Å². The zero-order valence-electron chi connectivity index (χ0n) is 10.8. The van der Waals surface area contributed by atoms with Crippen LogP contribution in [0, 0.1) is 5.92 Å². The number of rotatable bonds is 5. The Morgan fingerprint density at radius 1 is 1.24 bits per heavy atom. The molecule has 2 heteroatoms. The highest BCUT2D eigenvalue weighted by Gasteiger charge is 2.39. The molecule has 0 atom stereocenters. The van der Waals surface area contributed by atoms with Gasteiger partial charge in [0.15, 0.2) is 0 Å². The molecule has 0 unspecified atom stereocenters. The van der Waals surface area contributed by atoms with Crippen LogP contribution in [0.3, 0.4) is 0 Å². The van der Waals surface area contributed by atoms with E-state index in [9.17, 15) is 0 Å². The lowest BCUT2D eigenvalue weighted by Gasteiger charge is -2.41. The summed E-state index contributed by atoms with van der Waals surface area (Å²) < 4.78 is 5.33. The van der Waals surface area contributed by atoms with Gasteiger partial charge in [0.25, 0.3) is 0 Å². The zero-order valence-corrected chi connectivity index (χ0v) is 10.8. The normalized spacial score (nSPS) is 18.1. The van der Waals surface area contributed by atoms with E-state index in [1.54, 1.807) is 0 Å². The minimum atomic E-state index is 0.0745. The van der Waals surface area contributed by atoms with Crippen molar-refractivity contribution < 1.29 is 9.84 Å². The largest absolute Gasteiger partial charge is 0.396 e. The first-order valence-electron chi connectivity index (χ1n) is 6.44. The van der Waals surface area contributed by atoms with E-state index in [0.717, 1.165) is 26.1 Å². The number of hydrogen-bond acceptors (Lipinski definition) is 2. The molecule has 1 heterocycles. The molecule has 2 nitrogen and oxygen atoms in total. The first-order chi connectivity index (χ1) is 8.16. The number of ether oxygens (including phenoxy) is 1. The van der Waals surface area contributed by atoms with Gasteiger partial charge in [0.1, 0.15) is 0 Å². The molecule has 1 saturated heterocycles. The van der Waals surface area contributed by atoms with Gasteiger partial charge < -0.3 is 9.84 Å². The van der Waals surface area contributed by atoms with Crippen LogP contribution in [0.5, 0.6) is 0 Å². The molecule has 0 spiro atoms. The fraction of sp³-hybridized carbons (Fsp3) is 0.600. The third-order valence-electron chi connectivity index (χ3n) is 3.56. The van der Waals surface area contributed by atoms with Crippen molar-refractivity contribution in [3.63, 3.8) is 0 Å². The van der Waals surface area contributed by atoms with Crippen LogP contribution in [0.4, 0.5) is 0 Å². The summed E-state index contributed by atoms with van der Waals surface area (Å²) in [5, 5.41) is 9.15. The van der Waals surface area contributed by atoms with Gasteiger partial charge in [-0.1, -0.05) is 38.1 Å². The molecule has 1 aliphatic heterocycles. The van der Waals surface area contributed by atoms with Crippen molar-refractivity contribution in [1.82, 2.24) is 0 Å². The second-order valence-corrected chi connectivity index (χ2v) is 5.54. The van der Waals surface area contributed by atoms with Gasteiger partial charge >= 0.3 is 0 Å². The van der Waals surface area contributed by atoms with Crippen LogP contribution in [0.15, 0.2) is 24.3 Å². The molecule has 2 rings (SSSR count). The summed E-state index contributed by atoms with van der Waals surface area (Å²) in [6, 6.07) is 8.84. The summed E-state index contributed by atoms with van der Waals surface area (Å²) in [6.07, 6.45) is 1.93. The average molecular weight is 234 g/mol. The summed E-state index contributed by atoms with van der Waals surface area (Å²) in [7, 11) is 0. The Hall–Kier alpha value is -0.860. The van der Waals surface area contributed by atoms with E-state index in [-0.39, 0.29) is 12.0 Å². The minimum absolute atomic E-state index is 0.0745. The third-order valence-corrected chi connectivity index (χ3v) is 3.56. The Balaban J connectivity index is 2.11. The molecule has 0 saturated carbocycles. The smallest absolute Gasteiger partial charge is 0.0586 e. The number of benzene rings is 1. The SMILES string of the molecule is CC(C)Cc1ccc(C2(CCO)COC2)cc1. The Morgan fingerprint density at radius 3 is 2.29 bits per heavy atom. The highest BCUT2D eigenvalue weighted by Crippen LogP contribution is 2.35. The molecule has 0 bridgehead atoms. The molecule has 1 aromatic carbocycles. The monoisotopic (exact) mass is 234 g/mol. The summed E-state index contributed by atoms with van der Waals surface area (Å²) in [5.41, 5.74) is 2.78. The second-order valence-electron chi connectivity index (χ2n) is 5.54. The maximum absolute atomic E-state index is 9.15. The van der Waals surface area contributed by atoms with Gasteiger partial charge in [-0.3, -0.25) is 0 Å². The van der Waals surface area contributed by atoms with Crippen molar-refractivity contribution >= 4 is 0 Å². The lowest BCUT2D eigenvalue weighted by molar-refractivity contribution is -0.0701. The predicted molar refractivity (Wildman–Crippen MR) is 69.2 cm³/mol. The van der Waals surface area contributed by atoms with E-state index in [1.165, 1.54) is 11.1 Å². The van der Waals surface area contributed by atoms with Gasteiger partial charge in [-0.05, 0) is 29.9 Å². The molecule has 0 aliphatic carbocycles. The fourth-order valence-electron chi connectivity index (χ4n) is 2.48. The molecular formula is C15H22O2. The highest BCUT2D eigenvalue weighted by atomic mass is 16.5. The van der Waals surface area contributed by atoms with Gasteiger partial charge in [0.05, 0.1) is 13.2 Å². The summed E-state index contributed by atoms with van der Waals surface area (Å²) in [4.78, 5) is 0. The second kappa shape index (κ2) is 5.19. The van der Waals surface area contributed by atoms with E-state index in [1.807, 2.05) is 0 Å². The summed E-state index contributed by atoms with van der Waals surface area (Å²) in [6.45, 7) is 6.20. The Bertz CT molecular complexity index is 350. The van der Waals surface area contributed by atoms with Gasteiger partial charge in [-0.15, -0.1) is 0 Å². The Kier molecular flexibility index (Phi) is 3.85. The summed E-state index contributed by atoms with van der Waals surface area (Å²) in [5.74, 6) is 0.694. The maximum atomic E-state index is 9.15. The maximum Gasteiger partial charge on any atom is 0.0586 e. The van der Waals surface area contributed by atoms with Crippen molar-refractivity contribution in [3.8, 4) is 0 Å². The third kappa shape index (κ3) is 2.70. The first kappa shape index (κ1) is 12.6. The summed E-state index contributed by atoms with van der Waals surface area (Å²) >= 11 is 0. The molecule has 1 fully saturated rings. The van der Waals surface area contributed by atoms with Crippen molar-refractivity contribution in [2.45, 2.75) is 32.1 Å². The topological polar surface area (TPSA) is 29.5 Å². The molecule has 0 amide bonds. The minimum Gasteiger partial charge on any atom is -0.396 e. The zero-order chi connectivity index (χ0) is 12.3. The molecule has 94 valence electrons. The van der Waals surface area contributed by atoms with E-state index < -0.39 is 0 Å². The van der Waals surface area contributed by atoms with Gasteiger partial charge in [0.2, 0.25) is 0 Å². The fourth-order valence-corrected chi connectivity index (χ4v) is 2.48. The molecule has 1 aliphatic rings. The van der Waals surface area contributed by atoms with Crippen molar-refractivity contribution in [3.05, 3.63) is 35.4 Å². The number of hydrogen-bond donors (Lipinski definition) is 1. The van der Waals surface area contributed by atoms with Crippen LogP contribution in [0.2, 0.25) is 0 Å². The molecule has 0 radical (unpaired) electrons. The molecular weight excluding hydrogens is 212 g/mol. The average Bonchev–Trinajstić information content (AvgIpc) is 2.24. The molecule has 1 N–H and O–H groups in total. The van der Waals surface area contributed by atoms with Gasteiger partial charge in [0, 0.05) is 12.0 Å². The van der Waals surface area contributed by atoms with Crippen LogP contribution in [0.25, 0.3) is 0 Å². The van der Waals surface area contributed by atoms with Crippen LogP contribution >= 0.6 is 0 Å². The van der Waals surface area contributed by atoms with Crippen LogP contribution in [-0.2, 0) is 16.6 Å². The van der Waals surface area contributed by atoms with Crippen LogP contribution < -0.4 is 0 Å². The Morgan fingerprint density at radius 2 is 1.88 bits per heavy atom. The van der Waals surface area contributed by atoms with E-state index >= 15 is 0 Å². The molecule has 0 aromatic heterocycles. The predicted octanol–water partition coefficient (Wildman–Crippen LogP) is 2.54. The standard InChI is InChI=1S/C15H22O2/c1-12(2)9-13-3-5-14(6-4-13)15(7-8-16)10-17-11-15/h3-6,12,16H,7-11H2,1-2H3. The first-order valence-corrected chi connectivity index (χ1v) is 6.44. The lowest BCUT2D eigenvalue weighted by Crippen LogP contribution is -2.47. The van der Waals surface area contributed by atoms with Gasteiger partial charge in [-0.25, -0.2) is 0 Å². The molecule has 1 aromatic rings.